The van der Waals surface area contributed by atoms with Gasteiger partial charge in [0, 0.05) is 17.3 Å². The van der Waals surface area contributed by atoms with Gasteiger partial charge in [-0.25, -0.2) is 4.79 Å². The van der Waals surface area contributed by atoms with Crippen molar-refractivity contribution in [3.63, 3.8) is 0 Å². The molecule has 0 aliphatic rings. The van der Waals surface area contributed by atoms with Gasteiger partial charge in [0.25, 0.3) is 0 Å². The molecule has 0 atom stereocenters. The molecule has 0 radical (unpaired) electrons. The Morgan fingerprint density at radius 1 is 0.964 bits per heavy atom. The smallest absolute Gasteiger partial charge is 0.338 e. The molecule has 0 saturated heterocycles. The number of amides is 1. The van der Waals surface area contributed by atoms with Crippen molar-refractivity contribution in [3.8, 4) is 11.3 Å². The van der Waals surface area contributed by atoms with Gasteiger partial charge in [0.2, 0.25) is 5.91 Å². The standard InChI is InChI=1S/C23H21NO4/c1-16(2)27-23(26)18-8-10-19(11-9-18)24-22(25)15-13-20-12-14-21(28-20)17-6-4-3-5-7-17/h3-16H,1-2H3,(H,24,25)/b15-13+. The van der Waals surface area contributed by atoms with E-state index in [0.29, 0.717) is 17.0 Å². The van der Waals surface area contributed by atoms with Crippen molar-refractivity contribution in [2.75, 3.05) is 5.32 Å². The van der Waals surface area contributed by atoms with Crippen molar-refractivity contribution in [1.29, 1.82) is 0 Å². The summed E-state index contributed by atoms with van der Waals surface area (Å²) in [6, 6.07) is 19.9. The van der Waals surface area contributed by atoms with Gasteiger partial charge in [-0.05, 0) is 56.3 Å². The molecular weight excluding hydrogens is 354 g/mol. The lowest BCUT2D eigenvalue weighted by Gasteiger charge is -2.08. The molecule has 28 heavy (non-hydrogen) atoms. The monoisotopic (exact) mass is 375 g/mol. The molecular formula is C23H21NO4. The number of anilines is 1. The first-order valence-corrected chi connectivity index (χ1v) is 8.96. The van der Waals surface area contributed by atoms with E-state index in [-0.39, 0.29) is 18.0 Å². The number of hydrogen-bond donors (Lipinski definition) is 1. The Bertz CT molecular complexity index is 969. The molecule has 5 heteroatoms. The third kappa shape index (κ3) is 5.20. The van der Waals surface area contributed by atoms with Crippen LogP contribution in [0.3, 0.4) is 0 Å². The highest BCUT2D eigenvalue weighted by molar-refractivity contribution is 6.02. The molecule has 3 rings (SSSR count). The number of esters is 1. The molecule has 0 aliphatic heterocycles. The lowest BCUT2D eigenvalue weighted by atomic mass is 10.2. The quantitative estimate of drug-likeness (QED) is 0.477. The number of rotatable bonds is 6. The van der Waals surface area contributed by atoms with Crippen molar-refractivity contribution in [2.45, 2.75) is 20.0 Å². The zero-order valence-electron chi connectivity index (χ0n) is 15.7. The molecule has 0 spiro atoms. The maximum Gasteiger partial charge on any atom is 0.338 e. The summed E-state index contributed by atoms with van der Waals surface area (Å²) in [6.07, 6.45) is 2.83. The Labute approximate surface area is 163 Å². The number of carbonyl (C=O) groups is 2. The van der Waals surface area contributed by atoms with Gasteiger partial charge in [-0.1, -0.05) is 30.3 Å². The Morgan fingerprint density at radius 3 is 2.36 bits per heavy atom. The van der Waals surface area contributed by atoms with Crippen LogP contribution < -0.4 is 5.32 Å². The molecule has 0 aliphatic carbocycles. The molecule has 1 heterocycles. The first-order chi connectivity index (χ1) is 13.5. The molecule has 1 amide bonds. The summed E-state index contributed by atoms with van der Waals surface area (Å²) in [4.78, 5) is 23.9. The van der Waals surface area contributed by atoms with Gasteiger partial charge in [-0.2, -0.15) is 0 Å². The summed E-state index contributed by atoms with van der Waals surface area (Å²) in [7, 11) is 0. The molecule has 5 nitrogen and oxygen atoms in total. The van der Waals surface area contributed by atoms with Crippen LogP contribution in [0.2, 0.25) is 0 Å². The van der Waals surface area contributed by atoms with E-state index in [1.54, 1.807) is 50.3 Å². The number of benzene rings is 2. The fourth-order valence-electron chi connectivity index (χ4n) is 2.51. The lowest BCUT2D eigenvalue weighted by molar-refractivity contribution is -0.111. The van der Waals surface area contributed by atoms with Crippen molar-refractivity contribution in [2.24, 2.45) is 0 Å². The number of nitrogens with one attached hydrogen (secondary N) is 1. The van der Waals surface area contributed by atoms with Crippen LogP contribution in [-0.4, -0.2) is 18.0 Å². The van der Waals surface area contributed by atoms with E-state index in [4.69, 9.17) is 9.15 Å². The summed E-state index contributed by atoms with van der Waals surface area (Å²) in [6.45, 7) is 3.58. The molecule has 0 saturated carbocycles. The second kappa shape index (κ2) is 8.86. The SMILES string of the molecule is CC(C)OC(=O)c1ccc(NC(=O)/C=C/c2ccc(-c3ccccc3)o2)cc1. The molecule has 2 aromatic carbocycles. The average molecular weight is 375 g/mol. The second-order valence-electron chi connectivity index (χ2n) is 6.42. The molecule has 0 fully saturated rings. The van der Waals surface area contributed by atoms with E-state index >= 15 is 0 Å². The fraction of sp³-hybridized carbons (Fsp3) is 0.130. The van der Waals surface area contributed by atoms with Gasteiger partial charge in [0.05, 0.1) is 11.7 Å². The molecule has 0 bridgehead atoms. The molecule has 1 N–H and O–H groups in total. The third-order valence-corrected chi connectivity index (χ3v) is 3.81. The first-order valence-electron chi connectivity index (χ1n) is 8.96. The van der Waals surface area contributed by atoms with Crippen LogP contribution in [0.4, 0.5) is 5.69 Å². The van der Waals surface area contributed by atoms with Gasteiger partial charge < -0.3 is 14.5 Å². The Balaban J connectivity index is 1.58. The Hall–Kier alpha value is -3.60. The van der Waals surface area contributed by atoms with E-state index < -0.39 is 0 Å². The van der Waals surface area contributed by atoms with Crippen LogP contribution in [0.25, 0.3) is 17.4 Å². The second-order valence-corrected chi connectivity index (χ2v) is 6.42. The van der Waals surface area contributed by atoms with Crippen LogP contribution in [0.1, 0.15) is 30.0 Å². The third-order valence-electron chi connectivity index (χ3n) is 3.81. The minimum atomic E-state index is -0.389. The van der Waals surface area contributed by atoms with E-state index in [2.05, 4.69) is 5.32 Å². The predicted octanol–water partition coefficient (Wildman–Crippen LogP) is 5.16. The summed E-state index contributed by atoms with van der Waals surface area (Å²) in [5.41, 5.74) is 1.99. The van der Waals surface area contributed by atoms with E-state index in [1.165, 1.54) is 6.08 Å². The minimum absolute atomic E-state index is 0.180. The normalized spacial score (nSPS) is 11.0. The zero-order chi connectivity index (χ0) is 19.9. The van der Waals surface area contributed by atoms with E-state index in [0.717, 1.165) is 11.3 Å². The van der Waals surface area contributed by atoms with Gasteiger partial charge in [-0.15, -0.1) is 0 Å². The van der Waals surface area contributed by atoms with Gasteiger partial charge in [-0.3, -0.25) is 4.79 Å². The first kappa shape index (κ1) is 19.2. The average Bonchev–Trinajstić information content (AvgIpc) is 3.16. The highest BCUT2D eigenvalue weighted by Gasteiger charge is 2.09. The van der Waals surface area contributed by atoms with Crippen molar-refractivity contribution >= 4 is 23.6 Å². The Kier molecular flexibility index (Phi) is 6.07. The summed E-state index contributed by atoms with van der Waals surface area (Å²) >= 11 is 0. The lowest BCUT2D eigenvalue weighted by Crippen LogP contribution is -2.12. The molecule has 3 aromatic rings. The summed E-state index contributed by atoms with van der Waals surface area (Å²) in [5, 5.41) is 2.74. The van der Waals surface area contributed by atoms with Crippen LogP contribution in [-0.2, 0) is 9.53 Å². The zero-order valence-corrected chi connectivity index (χ0v) is 15.7. The van der Waals surface area contributed by atoms with Gasteiger partial charge in [0.15, 0.2) is 0 Å². The van der Waals surface area contributed by atoms with Crippen LogP contribution in [0.15, 0.2) is 77.2 Å². The predicted molar refractivity (Wildman–Crippen MR) is 109 cm³/mol. The largest absolute Gasteiger partial charge is 0.459 e. The van der Waals surface area contributed by atoms with Crippen molar-refractivity contribution in [3.05, 3.63) is 84.1 Å². The fourth-order valence-corrected chi connectivity index (χ4v) is 2.51. The van der Waals surface area contributed by atoms with Crippen LogP contribution in [0.5, 0.6) is 0 Å². The van der Waals surface area contributed by atoms with E-state index in [1.807, 2.05) is 36.4 Å². The van der Waals surface area contributed by atoms with Gasteiger partial charge in [0.1, 0.15) is 11.5 Å². The molecule has 142 valence electrons. The van der Waals surface area contributed by atoms with E-state index in [9.17, 15) is 9.59 Å². The van der Waals surface area contributed by atoms with Gasteiger partial charge >= 0.3 is 5.97 Å². The maximum absolute atomic E-state index is 12.1. The van der Waals surface area contributed by atoms with Crippen LogP contribution >= 0.6 is 0 Å². The highest BCUT2D eigenvalue weighted by atomic mass is 16.5. The summed E-state index contributed by atoms with van der Waals surface area (Å²) < 4.78 is 10.9. The van der Waals surface area contributed by atoms with Crippen molar-refractivity contribution < 1.29 is 18.7 Å². The molecule has 0 unspecified atom stereocenters. The number of ether oxygens (including phenoxy) is 1. The number of carbonyl (C=O) groups excluding carboxylic acids is 2. The topological polar surface area (TPSA) is 68.5 Å². The van der Waals surface area contributed by atoms with Crippen LogP contribution in [0, 0.1) is 0 Å². The van der Waals surface area contributed by atoms with Crippen molar-refractivity contribution in [1.82, 2.24) is 0 Å². The minimum Gasteiger partial charge on any atom is -0.459 e. The number of hydrogen-bond acceptors (Lipinski definition) is 4. The Morgan fingerprint density at radius 2 is 1.68 bits per heavy atom. The summed E-state index contributed by atoms with van der Waals surface area (Å²) in [5.74, 6) is 0.639. The number of furan rings is 1. The highest BCUT2D eigenvalue weighted by Crippen LogP contribution is 2.22. The molecule has 1 aromatic heterocycles. The maximum atomic E-state index is 12.1.